The van der Waals surface area contributed by atoms with Crippen LogP contribution in [0.4, 0.5) is 0 Å². The lowest BCUT2D eigenvalue weighted by Crippen LogP contribution is -2.00. The summed E-state index contributed by atoms with van der Waals surface area (Å²) in [5, 5.41) is 0. The Balaban J connectivity index is -0.000000142. The van der Waals surface area contributed by atoms with Crippen LogP contribution in [0.3, 0.4) is 0 Å². The van der Waals surface area contributed by atoms with Gasteiger partial charge in [0.1, 0.15) is 0 Å². The maximum absolute atomic E-state index is 7.39. The lowest BCUT2D eigenvalue weighted by molar-refractivity contribution is 0.397. The molecule has 0 spiro atoms. The third-order valence-electron chi connectivity index (χ3n) is 3.99. The number of hydrogen-bond donors (Lipinski definition) is 0. The van der Waals surface area contributed by atoms with Crippen LogP contribution >= 0.6 is 0 Å². The van der Waals surface area contributed by atoms with Gasteiger partial charge in [-0.3, -0.25) is 0 Å². The van der Waals surface area contributed by atoms with Crippen molar-refractivity contribution >= 4 is 0 Å². The van der Waals surface area contributed by atoms with Crippen LogP contribution < -0.4 is 0 Å². The molecule has 43 heavy (non-hydrogen) atoms. The Morgan fingerprint density at radius 2 is 1.02 bits per heavy atom. The topological polar surface area (TPSA) is 0 Å². The van der Waals surface area contributed by atoms with Crippen molar-refractivity contribution in [3.05, 3.63) is 0 Å². The van der Waals surface area contributed by atoms with Gasteiger partial charge in [-0.25, -0.2) is 0 Å². The lowest BCUT2D eigenvalue weighted by atomic mass is 9.94. The summed E-state index contributed by atoms with van der Waals surface area (Å²) in [5.74, 6) is -5.72. The fourth-order valence-corrected chi connectivity index (χ4v) is 1.25. The van der Waals surface area contributed by atoms with E-state index in [1.54, 1.807) is 13.8 Å². The Bertz CT molecular complexity index is 1610. The van der Waals surface area contributed by atoms with Crippen LogP contribution in [-0.4, -0.2) is 0 Å². The highest BCUT2D eigenvalue weighted by Gasteiger charge is 2.03. The lowest BCUT2D eigenvalue weighted by Gasteiger charge is -2.12. The van der Waals surface area contributed by atoms with Crippen molar-refractivity contribution in [3.8, 4) is 0 Å². The molecule has 0 aliphatic heterocycles. The van der Waals surface area contributed by atoms with E-state index in [1.165, 1.54) is 58.8 Å². The van der Waals surface area contributed by atoms with Crippen molar-refractivity contribution in [2.75, 3.05) is 0 Å². The van der Waals surface area contributed by atoms with Gasteiger partial charge in [0, 0.05) is 61.7 Å². The van der Waals surface area contributed by atoms with Crippen LogP contribution in [0.2, 0.25) is 0 Å². The molecule has 0 amide bonds. The zero-order chi connectivity index (χ0) is 74.4. The van der Waals surface area contributed by atoms with Crippen LogP contribution in [-0.2, 0) is 0 Å². The molecule has 0 aromatic heterocycles. The van der Waals surface area contributed by atoms with Gasteiger partial charge in [-0.1, -0.05) is 249 Å². The molecule has 0 radical (unpaired) electrons. The average Bonchev–Trinajstić information content (AvgIpc) is 3.18. The van der Waals surface area contributed by atoms with E-state index in [4.69, 9.17) is 61.7 Å². The molecule has 0 heterocycles. The predicted molar refractivity (Wildman–Crippen MR) is 215 cm³/mol. The SMILES string of the molecule is CCCC(C)C.CCCCCCC.[2H]C([2H])([2H])C(C([2H])([2H])[2H])(C([2H])([2H])[2H])C([2H])([2H])C.[2H]C([2H])([2H])C(CC)(C([2H])([2H])[2H])C([2H])([2H])[2H].[2H]C([2H])([2H])C(CC)C([2H])([2H])[2H].[2H]C([2H])([2H])C([2H])(C([2H])([2H])[2H])C([2H])([2H])C.[2H]C([2H])([2H])C([2H])(CC)C([2H])([2H])[2H].[2H]C([2H])([2H])CC. The summed E-state index contributed by atoms with van der Waals surface area (Å²) in [5.41, 5.74) is -6.06. The molecular formula is C43H102. The van der Waals surface area contributed by atoms with Gasteiger partial charge in [0.2, 0.25) is 0 Å². The van der Waals surface area contributed by atoms with E-state index in [9.17, 15) is 0 Å². The first-order valence-electron chi connectivity index (χ1n) is 37.6. The first-order valence-corrected chi connectivity index (χ1v) is 15.1. The van der Waals surface area contributed by atoms with Crippen molar-refractivity contribution < 1.29 is 61.7 Å². The molecule has 0 aromatic carbocycles. The predicted octanol–water partition coefficient (Wildman–Crippen LogP) is 17.9. The average molecular weight is 665 g/mol. The van der Waals surface area contributed by atoms with Gasteiger partial charge in [-0.05, 0) is 34.5 Å². The van der Waals surface area contributed by atoms with Gasteiger partial charge >= 0.3 is 0 Å². The quantitative estimate of drug-likeness (QED) is 0.215. The molecule has 0 aliphatic carbocycles. The Morgan fingerprint density at radius 3 is 1.07 bits per heavy atom. The van der Waals surface area contributed by atoms with Gasteiger partial charge in [0.05, 0.1) is 0 Å². The smallest absolute Gasteiger partial charge is 0.0297 e. The van der Waals surface area contributed by atoms with Crippen LogP contribution in [0.5, 0.6) is 0 Å². The molecule has 0 unspecified atom stereocenters. The molecule has 0 fully saturated rings. The molecule has 0 atom stereocenters. The van der Waals surface area contributed by atoms with E-state index in [0.717, 1.165) is 12.8 Å². The standard InChI is InChI=1S/C7H16.3C6H14.3C5H12.C3H8/c1-3-5-7-6-4-2;2*1-5-6(2,3)4;1-4-5-6(2)3;3*1-4-5(2)3;1-3-2/h3-7H2,1-2H3;2*5H2,1-4H3;6H,4-5H2,1-3H3;3*5H,4H2,1-3H3;3H2,1-2H3/i;2D3,3D3,4D3,5D2;2D3,3D3,4D3;;2D3,3D3,4D2,5D;2D3,3D3,5D;2D3,3D3;1D3. The van der Waals surface area contributed by atoms with Crippen LogP contribution in [0.1, 0.15) is 310 Å². The monoisotopic (exact) mass is 664 g/mol. The molecule has 0 heteroatoms. The third kappa shape index (κ3) is 186. The van der Waals surface area contributed by atoms with E-state index in [2.05, 4.69) is 34.6 Å². The highest BCUT2D eigenvalue weighted by atomic mass is 14.1. The van der Waals surface area contributed by atoms with E-state index in [1.807, 2.05) is 0 Å². The van der Waals surface area contributed by atoms with Crippen molar-refractivity contribution in [1.29, 1.82) is 0 Å². The van der Waals surface area contributed by atoms with E-state index >= 15 is 0 Å². The second-order valence-corrected chi connectivity index (χ2v) is 9.27. The zero-order valence-electron chi connectivity index (χ0n) is 74.4. The number of hydrogen-bond acceptors (Lipinski definition) is 0. The van der Waals surface area contributed by atoms with Crippen molar-refractivity contribution in [2.24, 2.45) is 34.5 Å². The zero-order valence-corrected chi connectivity index (χ0v) is 29.4. The molecule has 0 bridgehead atoms. The van der Waals surface area contributed by atoms with Gasteiger partial charge < -0.3 is 0 Å². The highest BCUT2D eigenvalue weighted by molar-refractivity contribution is 4.55. The summed E-state index contributed by atoms with van der Waals surface area (Å²) < 4.78 is 317. The summed E-state index contributed by atoms with van der Waals surface area (Å²) >= 11 is 0. The normalized spacial score (nSPS) is 30.5. The Labute approximate surface area is 346 Å². The molecule has 0 nitrogen and oxygen atoms in total. The Kier molecular flexibility index (Phi) is 14.2. The minimum atomic E-state index is -3.48. The van der Waals surface area contributed by atoms with Crippen molar-refractivity contribution in [1.82, 2.24) is 0 Å². The van der Waals surface area contributed by atoms with Crippen LogP contribution in [0.15, 0.2) is 0 Å². The fourth-order valence-electron chi connectivity index (χ4n) is 1.25. The van der Waals surface area contributed by atoms with E-state index < -0.39 is 137 Å². The van der Waals surface area contributed by atoms with Gasteiger partial charge in [0.25, 0.3) is 0 Å². The molecule has 274 valence electrons. The Morgan fingerprint density at radius 1 is 0.558 bits per heavy atom. The molecule has 0 aliphatic rings. The number of unbranched alkanes of at least 4 members (excludes halogenated alkanes) is 4. The second-order valence-electron chi connectivity index (χ2n) is 9.27. The second kappa shape index (κ2) is 51.6. The summed E-state index contributed by atoms with van der Waals surface area (Å²) in [4.78, 5) is 0. The first-order chi connectivity index (χ1) is 37.6. The van der Waals surface area contributed by atoms with Crippen LogP contribution in [0.25, 0.3) is 0 Å². The third-order valence-corrected chi connectivity index (χ3v) is 3.99. The molecule has 0 aromatic rings. The van der Waals surface area contributed by atoms with E-state index in [-0.39, 0.29) is 19.3 Å². The summed E-state index contributed by atoms with van der Waals surface area (Å²) in [7, 11) is 0. The van der Waals surface area contributed by atoms with Crippen molar-refractivity contribution in [2.45, 2.75) is 249 Å². The minimum absolute atomic E-state index is 0.160. The largest absolute Gasteiger partial charge is 0.0656 e. The van der Waals surface area contributed by atoms with Gasteiger partial charge in [0.15, 0.2) is 0 Å². The molecule has 0 rings (SSSR count). The molecule has 0 N–H and O–H groups in total. The fraction of sp³-hybridized carbons (Fsp3) is 1.00. The van der Waals surface area contributed by atoms with Gasteiger partial charge in [-0.15, -0.1) is 0 Å². The molecule has 0 saturated carbocycles. The summed E-state index contributed by atoms with van der Waals surface area (Å²) in [6, 6.07) is 0. The van der Waals surface area contributed by atoms with Crippen LogP contribution in [0, 0.1) is 34.5 Å². The maximum Gasteiger partial charge on any atom is 0.0297 e. The number of rotatable bonds is 9. The summed E-state index contributed by atoms with van der Waals surface area (Å²) in [6.07, 6.45) is 3.93. The minimum Gasteiger partial charge on any atom is -0.0656 e. The molecular weight excluding hydrogens is 516 g/mol. The molecule has 0 saturated heterocycles. The highest BCUT2D eigenvalue weighted by Crippen LogP contribution is 2.16. The Hall–Kier alpha value is 0. The van der Waals surface area contributed by atoms with E-state index in [0.29, 0.717) is 6.92 Å². The summed E-state index contributed by atoms with van der Waals surface area (Å²) in [6.45, 7) is -19.4. The van der Waals surface area contributed by atoms with Crippen molar-refractivity contribution in [3.63, 3.8) is 0 Å². The van der Waals surface area contributed by atoms with Gasteiger partial charge in [-0.2, -0.15) is 0 Å². The maximum atomic E-state index is 7.39. The first kappa shape index (κ1) is 11.9.